The van der Waals surface area contributed by atoms with E-state index in [-0.39, 0.29) is 23.7 Å². The minimum absolute atomic E-state index is 0.147. The second kappa shape index (κ2) is 10.4. The maximum atomic E-state index is 12.1. The van der Waals surface area contributed by atoms with Gasteiger partial charge in [0.25, 0.3) is 0 Å². The molecule has 0 saturated heterocycles. The van der Waals surface area contributed by atoms with Gasteiger partial charge in [-0.15, -0.1) is 0 Å². The molecule has 6 heteroatoms. The summed E-state index contributed by atoms with van der Waals surface area (Å²) in [7, 11) is 1.62. The van der Waals surface area contributed by atoms with Crippen molar-refractivity contribution in [3.63, 3.8) is 0 Å². The highest BCUT2D eigenvalue weighted by atomic mass is 16.6. The summed E-state index contributed by atoms with van der Waals surface area (Å²) in [6.07, 6.45) is 5.24. The van der Waals surface area contributed by atoms with E-state index in [1.165, 1.54) is 29.2 Å². The molecule has 1 N–H and O–H groups in total. The average Bonchev–Trinajstić information content (AvgIpc) is 2.70. The molecule has 0 aliphatic rings. The zero-order chi connectivity index (χ0) is 23.0. The predicted octanol–water partition coefficient (Wildman–Crippen LogP) is 5.02. The third-order valence-electron chi connectivity index (χ3n) is 4.11. The van der Waals surface area contributed by atoms with Crippen molar-refractivity contribution in [3.05, 3.63) is 71.8 Å². The van der Waals surface area contributed by atoms with Crippen molar-refractivity contribution < 1.29 is 24.2 Å². The molecule has 162 valence electrons. The van der Waals surface area contributed by atoms with Crippen LogP contribution in [0.25, 0.3) is 12.2 Å². The Balaban J connectivity index is 1.89. The minimum atomic E-state index is -0.578. The van der Waals surface area contributed by atoms with Gasteiger partial charge in [-0.1, -0.05) is 36.4 Å². The fraction of sp³-hybridized carbons (Fsp3) is 0.240. The molecular weight excluding hydrogens is 394 g/mol. The lowest BCUT2D eigenvalue weighted by Gasteiger charge is -2.24. The van der Waals surface area contributed by atoms with Crippen LogP contribution in [0, 0.1) is 0 Å². The lowest BCUT2D eigenvalue weighted by Crippen LogP contribution is -2.34. The summed E-state index contributed by atoms with van der Waals surface area (Å²) in [5.41, 5.74) is 1.60. The van der Waals surface area contributed by atoms with Crippen molar-refractivity contribution in [1.82, 2.24) is 0 Å². The molecule has 2 rings (SSSR count). The van der Waals surface area contributed by atoms with Crippen LogP contribution in [0.2, 0.25) is 0 Å². The van der Waals surface area contributed by atoms with E-state index in [1.807, 2.05) is 0 Å². The van der Waals surface area contributed by atoms with E-state index in [2.05, 4.69) is 0 Å². The fourth-order valence-corrected chi connectivity index (χ4v) is 2.50. The Morgan fingerprint density at radius 2 is 1.32 bits per heavy atom. The average molecular weight is 421 g/mol. The molecule has 0 saturated carbocycles. The Morgan fingerprint density at radius 3 is 1.77 bits per heavy atom. The highest BCUT2D eigenvalue weighted by Crippen LogP contribution is 2.18. The fourth-order valence-electron chi connectivity index (χ4n) is 2.50. The van der Waals surface area contributed by atoms with Crippen LogP contribution in [0.1, 0.15) is 38.3 Å². The number of phenolic OH excluding ortho intramolecular Hbond substituents is 1. The van der Waals surface area contributed by atoms with E-state index in [0.29, 0.717) is 5.69 Å². The first-order valence-electron chi connectivity index (χ1n) is 9.81. The molecule has 2 aromatic rings. The molecular formula is C25H27NO5. The number of hydrogen-bond donors (Lipinski definition) is 1. The number of carbonyl (C=O) groups is 3. The Morgan fingerprint density at radius 1 is 0.871 bits per heavy atom. The number of hydrogen-bond acceptors (Lipinski definition) is 5. The van der Waals surface area contributed by atoms with Crippen molar-refractivity contribution in [2.75, 3.05) is 11.9 Å². The molecule has 0 spiro atoms. The van der Waals surface area contributed by atoms with E-state index < -0.39 is 11.7 Å². The van der Waals surface area contributed by atoms with E-state index in [0.717, 1.165) is 11.1 Å². The molecule has 2 aromatic carbocycles. The number of ether oxygens (including phenoxy) is 1. The molecule has 0 aliphatic heterocycles. The van der Waals surface area contributed by atoms with Gasteiger partial charge in [-0.25, -0.2) is 4.79 Å². The van der Waals surface area contributed by atoms with E-state index in [9.17, 15) is 19.5 Å². The first kappa shape index (κ1) is 23.6. The summed E-state index contributed by atoms with van der Waals surface area (Å²) in [5.74, 6) is -0.472. The van der Waals surface area contributed by atoms with Crippen molar-refractivity contribution in [1.29, 1.82) is 0 Å². The van der Waals surface area contributed by atoms with Crippen LogP contribution in [-0.2, 0) is 14.3 Å². The summed E-state index contributed by atoms with van der Waals surface area (Å²) < 4.78 is 5.33. The van der Waals surface area contributed by atoms with Gasteiger partial charge in [-0.05, 0) is 68.3 Å². The van der Waals surface area contributed by atoms with Gasteiger partial charge in [0.1, 0.15) is 11.4 Å². The van der Waals surface area contributed by atoms with Gasteiger partial charge in [0.15, 0.2) is 11.6 Å². The number of aromatic hydroxyl groups is 1. The molecule has 0 aromatic heterocycles. The largest absolute Gasteiger partial charge is 0.508 e. The minimum Gasteiger partial charge on any atom is -0.508 e. The molecule has 0 atom stereocenters. The number of phenols is 1. The summed E-state index contributed by atoms with van der Waals surface area (Å²) in [5, 5.41) is 9.25. The molecule has 1 amide bonds. The van der Waals surface area contributed by atoms with Gasteiger partial charge in [-0.2, -0.15) is 0 Å². The lowest BCUT2D eigenvalue weighted by atomic mass is 10.1. The predicted molar refractivity (Wildman–Crippen MR) is 122 cm³/mol. The van der Waals surface area contributed by atoms with Crippen LogP contribution in [0.5, 0.6) is 5.75 Å². The summed E-state index contributed by atoms with van der Waals surface area (Å²) >= 11 is 0. The second-order valence-electron chi connectivity index (χ2n) is 8.00. The number of benzene rings is 2. The van der Waals surface area contributed by atoms with Gasteiger partial charge >= 0.3 is 6.09 Å². The number of ketones is 2. The normalized spacial score (nSPS) is 11.6. The summed E-state index contributed by atoms with van der Waals surface area (Å²) in [4.78, 5) is 37.5. The van der Waals surface area contributed by atoms with Gasteiger partial charge in [0.05, 0.1) is 6.42 Å². The van der Waals surface area contributed by atoms with Crippen molar-refractivity contribution >= 4 is 35.5 Å². The molecule has 6 nitrogen and oxygen atoms in total. The Kier molecular flexibility index (Phi) is 7.91. The molecule has 0 bridgehead atoms. The van der Waals surface area contributed by atoms with Crippen molar-refractivity contribution in [2.24, 2.45) is 0 Å². The Bertz CT molecular complexity index is 980. The standard InChI is InChI=1S/C25H27NO5/c1-25(2,3)31-24(30)26(4)20-11-5-18(6-12-20)9-15-22(28)17-23(29)16-10-19-7-13-21(27)14-8-19/h5-16,27H,17H2,1-4H3/b15-9+,16-10+. The monoisotopic (exact) mass is 421 g/mol. The zero-order valence-electron chi connectivity index (χ0n) is 18.2. The number of nitrogens with zero attached hydrogens (tertiary/aromatic N) is 1. The number of allylic oxidation sites excluding steroid dienone is 2. The molecule has 0 radical (unpaired) electrons. The van der Waals surface area contributed by atoms with Crippen LogP contribution in [-0.4, -0.2) is 35.4 Å². The quantitative estimate of drug-likeness (QED) is 0.501. The third kappa shape index (κ3) is 8.30. The summed E-state index contributed by atoms with van der Waals surface area (Å²) in [6, 6.07) is 13.4. The third-order valence-corrected chi connectivity index (χ3v) is 4.11. The van der Waals surface area contributed by atoms with Crippen molar-refractivity contribution in [2.45, 2.75) is 32.8 Å². The number of rotatable bonds is 7. The van der Waals surface area contributed by atoms with Gasteiger partial charge in [0.2, 0.25) is 0 Å². The number of carbonyl (C=O) groups excluding carboxylic acids is 3. The maximum Gasteiger partial charge on any atom is 0.414 e. The van der Waals surface area contributed by atoms with Crippen LogP contribution >= 0.6 is 0 Å². The van der Waals surface area contributed by atoms with E-state index in [4.69, 9.17) is 4.74 Å². The molecule has 31 heavy (non-hydrogen) atoms. The Labute approximate surface area is 182 Å². The molecule has 0 unspecified atom stereocenters. The Hall–Kier alpha value is -3.67. The first-order chi connectivity index (χ1) is 14.5. The van der Waals surface area contributed by atoms with Gasteiger partial charge in [0, 0.05) is 12.7 Å². The topological polar surface area (TPSA) is 83.9 Å². The van der Waals surface area contributed by atoms with Crippen LogP contribution in [0.15, 0.2) is 60.7 Å². The van der Waals surface area contributed by atoms with Crippen LogP contribution in [0.4, 0.5) is 10.5 Å². The molecule has 0 aliphatic carbocycles. The highest BCUT2D eigenvalue weighted by molar-refractivity contribution is 6.10. The molecule has 0 fully saturated rings. The van der Waals surface area contributed by atoms with Crippen molar-refractivity contribution in [3.8, 4) is 5.75 Å². The number of anilines is 1. The lowest BCUT2D eigenvalue weighted by molar-refractivity contribution is -0.121. The zero-order valence-corrected chi connectivity index (χ0v) is 18.2. The number of amides is 1. The maximum absolute atomic E-state index is 12.1. The van der Waals surface area contributed by atoms with E-state index in [1.54, 1.807) is 76.4 Å². The second-order valence-corrected chi connectivity index (χ2v) is 8.00. The van der Waals surface area contributed by atoms with Crippen LogP contribution < -0.4 is 4.90 Å². The van der Waals surface area contributed by atoms with Gasteiger partial charge < -0.3 is 9.84 Å². The smallest absolute Gasteiger partial charge is 0.414 e. The first-order valence-corrected chi connectivity index (χ1v) is 9.81. The molecule has 0 heterocycles. The highest BCUT2D eigenvalue weighted by Gasteiger charge is 2.20. The van der Waals surface area contributed by atoms with E-state index >= 15 is 0 Å². The van der Waals surface area contributed by atoms with Gasteiger partial charge in [-0.3, -0.25) is 14.5 Å². The SMILES string of the molecule is CN(C(=O)OC(C)(C)C)c1ccc(/C=C/C(=O)CC(=O)/C=C/c2ccc(O)cc2)cc1. The van der Waals surface area contributed by atoms with Crippen LogP contribution in [0.3, 0.4) is 0 Å². The summed E-state index contributed by atoms with van der Waals surface area (Å²) in [6.45, 7) is 5.41.